The minimum Gasteiger partial charge on any atom is -0.288 e. The summed E-state index contributed by atoms with van der Waals surface area (Å²) in [5.74, 6) is -41.5. The first-order valence-electron chi connectivity index (χ1n) is 6.98. The second-order valence-corrected chi connectivity index (χ2v) is 5.48. The fourth-order valence-electron chi connectivity index (χ4n) is 1.76. The van der Waals surface area contributed by atoms with E-state index in [-0.39, 0.29) is 5.56 Å². The van der Waals surface area contributed by atoms with Gasteiger partial charge in [0.05, 0.1) is 0 Å². The summed E-state index contributed by atoms with van der Waals surface area (Å²) in [6.45, 7) is 0. The van der Waals surface area contributed by atoms with Crippen molar-refractivity contribution in [3.63, 3.8) is 0 Å². The van der Waals surface area contributed by atoms with Crippen molar-refractivity contribution < 1.29 is 61.9 Å². The summed E-state index contributed by atoms with van der Waals surface area (Å²) in [5.41, 5.74) is -0.124. The molecule has 29 heavy (non-hydrogen) atoms. The van der Waals surface area contributed by atoms with Gasteiger partial charge in [-0.15, -0.1) is 0 Å². The van der Waals surface area contributed by atoms with E-state index in [1.165, 1.54) is 18.2 Å². The highest BCUT2D eigenvalue weighted by Gasteiger charge is 2.91. The number of halogens is 13. The molecule has 0 fully saturated rings. The van der Waals surface area contributed by atoms with Crippen molar-refractivity contribution in [1.82, 2.24) is 0 Å². The normalized spacial score (nSPS) is 15.1. The Morgan fingerprint density at radius 2 is 1.03 bits per heavy atom. The van der Waals surface area contributed by atoms with Crippen LogP contribution < -0.4 is 0 Å². The predicted octanol–water partition coefficient (Wildman–Crippen LogP) is 6.01. The van der Waals surface area contributed by atoms with Gasteiger partial charge in [0.25, 0.3) is 0 Å². The number of carbonyl (C=O) groups is 1. The molecule has 0 aliphatic heterocycles. The number of alkyl halides is 13. The second kappa shape index (κ2) is 7.20. The van der Waals surface area contributed by atoms with Gasteiger partial charge < -0.3 is 0 Å². The molecule has 0 unspecified atom stereocenters. The minimum atomic E-state index is -8.03. The van der Waals surface area contributed by atoms with Crippen molar-refractivity contribution in [3.05, 3.63) is 42.0 Å². The van der Waals surface area contributed by atoms with Gasteiger partial charge in [-0.1, -0.05) is 36.4 Å². The lowest BCUT2D eigenvalue weighted by molar-refractivity contribution is -0.435. The van der Waals surface area contributed by atoms with E-state index in [4.69, 9.17) is 0 Å². The van der Waals surface area contributed by atoms with Crippen molar-refractivity contribution in [3.8, 4) is 0 Å². The van der Waals surface area contributed by atoms with Crippen LogP contribution in [-0.4, -0.2) is 41.6 Å². The zero-order chi connectivity index (χ0) is 23.1. The molecule has 1 aromatic rings. The zero-order valence-electron chi connectivity index (χ0n) is 13.4. The van der Waals surface area contributed by atoms with Gasteiger partial charge >= 0.3 is 35.8 Å². The highest BCUT2D eigenvalue weighted by atomic mass is 19.4. The third-order valence-electron chi connectivity index (χ3n) is 3.47. The monoisotopic (exact) mass is 450 g/mol. The standard InChI is InChI=1S/C15H7F13O/c16-10(17,9(29)7-6-8-4-2-1-3-5-8)11(18,19)12(20,21)13(22,23)14(24,25)15(26,27)28/h1-7H. The molecule has 164 valence electrons. The second-order valence-electron chi connectivity index (χ2n) is 5.48. The lowest BCUT2D eigenvalue weighted by atomic mass is 9.92. The SMILES string of the molecule is O=C(C=Cc1ccccc1)C(F)(F)C(F)(F)C(F)(F)C(F)(F)C(F)(F)C(F)(F)F. The average Bonchev–Trinajstić information content (AvgIpc) is 2.58. The van der Waals surface area contributed by atoms with E-state index in [0.717, 1.165) is 12.1 Å². The average molecular weight is 450 g/mol. The number of carbonyl (C=O) groups excluding carboxylic acids is 1. The van der Waals surface area contributed by atoms with Crippen LogP contribution in [0.25, 0.3) is 6.08 Å². The van der Waals surface area contributed by atoms with E-state index in [1.807, 2.05) is 0 Å². The summed E-state index contributed by atoms with van der Waals surface area (Å²) in [5, 5.41) is 0. The van der Waals surface area contributed by atoms with Gasteiger partial charge in [-0.3, -0.25) is 4.79 Å². The summed E-state index contributed by atoms with van der Waals surface area (Å²) < 4.78 is 168. The molecule has 0 amide bonds. The van der Waals surface area contributed by atoms with Crippen LogP contribution in [0.4, 0.5) is 57.1 Å². The number of benzene rings is 1. The Hall–Kier alpha value is -2.28. The van der Waals surface area contributed by atoms with Gasteiger partial charge in [-0.05, 0) is 11.6 Å². The largest absolute Gasteiger partial charge is 0.460 e. The summed E-state index contributed by atoms with van der Waals surface area (Å²) in [7, 11) is 0. The highest BCUT2D eigenvalue weighted by molar-refractivity contribution is 5.99. The van der Waals surface area contributed by atoms with E-state index < -0.39 is 47.6 Å². The molecule has 14 heteroatoms. The zero-order valence-corrected chi connectivity index (χ0v) is 13.4. The number of hydrogen-bond donors (Lipinski definition) is 0. The molecule has 0 aromatic heterocycles. The molecule has 1 aromatic carbocycles. The topological polar surface area (TPSA) is 17.1 Å². The maximum Gasteiger partial charge on any atom is 0.460 e. The van der Waals surface area contributed by atoms with E-state index in [9.17, 15) is 61.9 Å². The van der Waals surface area contributed by atoms with Crippen molar-refractivity contribution in [1.29, 1.82) is 0 Å². The molecule has 1 rings (SSSR count). The molecule has 0 saturated heterocycles. The number of hydrogen-bond acceptors (Lipinski definition) is 1. The fourth-order valence-corrected chi connectivity index (χ4v) is 1.76. The Morgan fingerprint density at radius 1 is 0.621 bits per heavy atom. The van der Waals surface area contributed by atoms with Crippen LogP contribution in [0.15, 0.2) is 36.4 Å². The van der Waals surface area contributed by atoms with Gasteiger partial charge in [0.15, 0.2) is 0 Å². The molecule has 0 bridgehead atoms. The summed E-state index contributed by atoms with van der Waals surface area (Å²) >= 11 is 0. The molecule has 0 aliphatic rings. The predicted molar refractivity (Wildman–Crippen MR) is 71.3 cm³/mol. The molecule has 0 heterocycles. The lowest BCUT2D eigenvalue weighted by Crippen LogP contribution is -2.71. The smallest absolute Gasteiger partial charge is 0.288 e. The Morgan fingerprint density at radius 3 is 1.45 bits per heavy atom. The first kappa shape index (κ1) is 24.8. The number of ketones is 1. The van der Waals surface area contributed by atoms with Gasteiger partial charge in [-0.2, -0.15) is 57.1 Å². The Kier molecular flexibility index (Phi) is 6.15. The fraction of sp³-hybridized carbons (Fsp3) is 0.400. The lowest BCUT2D eigenvalue weighted by Gasteiger charge is -2.39. The third kappa shape index (κ3) is 3.80. The van der Waals surface area contributed by atoms with Crippen LogP contribution in [0.1, 0.15) is 5.56 Å². The summed E-state index contributed by atoms with van der Waals surface area (Å²) in [6, 6.07) is 6.10. The molecule has 0 aliphatic carbocycles. The number of rotatable bonds is 7. The van der Waals surface area contributed by atoms with Crippen molar-refractivity contribution in [2.24, 2.45) is 0 Å². The van der Waals surface area contributed by atoms with E-state index in [1.54, 1.807) is 0 Å². The van der Waals surface area contributed by atoms with Crippen molar-refractivity contribution in [2.75, 3.05) is 0 Å². The molecule has 0 N–H and O–H groups in total. The molecule has 0 atom stereocenters. The molecule has 1 nitrogen and oxygen atoms in total. The van der Waals surface area contributed by atoms with Gasteiger partial charge in [0.2, 0.25) is 5.78 Å². The first-order valence-corrected chi connectivity index (χ1v) is 6.98. The quantitative estimate of drug-likeness (QED) is 0.368. The summed E-state index contributed by atoms with van der Waals surface area (Å²) in [6.07, 6.45) is -7.57. The third-order valence-corrected chi connectivity index (χ3v) is 3.47. The van der Waals surface area contributed by atoms with Gasteiger partial charge in [-0.25, -0.2) is 0 Å². The molecular weight excluding hydrogens is 443 g/mol. The Balaban J connectivity index is 3.38. The van der Waals surface area contributed by atoms with Crippen LogP contribution in [0.3, 0.4) is 0 Å². The van der Waals surface area contributed by atoms with E-state index in [2.05, 4.69) is 0 Å². The van der Waals surface area contributed by atoms with Crippen LogP contribution >= 0.6 is 0 Å². The Bertz CT molecular complexity index is 762. The van der Waals surface area contributed by atoms with Crippen LogP contribution in [0.2, 0.25) is 0 Å². The molecule has 0 radical (unpaired) electrons. The molecule has 0 saturated carbocycles. The van der Waals surface area contributed by atoms with Crippen LogP contribution in [0.5, 0.6) is 0 Å². The van der Waals surface area contributed by atoms with E-state index >= 15 is 0 Å². The Labute approximate surface area is 152 Å². The molecular formula is C15H7F13O. The number of allylic oxidation sites excluding steroid dienone is 1. The molecule has 0 spiro atoms. The van der Waals surface area contributed by atoms with Crippen LogP contribution in [-0.2, 0) is 4.79 Å². The first-order chi connectivity index (χ1) is 12.7. The highest BCUT2D eigenvalue weighted by Crippen LogP contribution is 2.60. The van der Waals surface area contributed by atoms with Crippen molar-refractivity contribution in [2.45, 2.75) is 35.8 Å². The minimum absolute atomic E-state index is 0.124. The van der Waals surface area contributed by atoms with Crippen molar-refractivity contribution >= 4 is 11.9 Å². The van der Waals surface area contributed by atoms with Gasteiger partial charge in [0, 0.05) is 0 Å². The maximum absolute atomic E-state index is 13.5. The van der Waals surface area contributed by atoms with E-state index in [0.29, 0.717) is 6.08 Å². The maximum atomic E-state index is 13.5. The summed E-state index contributed by atoms with van der Waals surface area (Å²) in [4.78, 5) is 11.2. The van der Waals surface area contributed by atoms with Crippen LogP contribution in [0, 0.1) is 0 Å². The van der Waals surface area contributed by atoms with Gasteiger partial charge in [0.1, 0.15) is 0 Å².